The lowest BCUT2D eigenvalue weighted by Gasteiger charge is -2.26. The van der Waals surface area contributed by atoms with Crippen molar-refractivity contribution in [3.8, 4) is 0 Å². The summed E-state index contributed by atoms with van der Waals surface area (Å²) in [4.78, 5) is 16.9. The van der Waals surface area contributed by atoms with E-state index < -0.39 is 5.97 Å². The number of thiazole rings is 1. The van der Waals surface area contributed by atoms with Gasteiger partial charge in [-0.15, -0.1) is 11.3 Å². The van der Waals surface area contributed by atoms with Gasteiger partial charge in [-0.3, -0.25) is 4.90 Å². The second-order valence-electron chi connectivity index (χ2n) is 3.72. The Morgan fingerprint density at radius 2 is 2.35 bits per heavy atom. The molecule has 1 fully saturated rings. The fourth-order valence-corrected chi connectivity index (χ4v) is 2.31. The number of carboxylic acids is 1. The Labute approximate surface area is 103 Å². The van der Waals surface area contributed by atoms with Crippen molar-refractivity contribution in [2.75, 3.05) is 44.7 Å². The van der Waals surface area contributed by atoms with Crippen molar-refractivity contribution >= 4 is 22.4 Å². The van der Waals surface area contributed by atoms with Crippen LogP contribution in [-0.4, -0.2) is 60.4 Å². The third-order valence-electron chi connectivity index (χ3n) is 2.53. The van der Waals surface area contributed by atoms with Crippen molar-refractivity contribution in [3.05, 3.63) is 11.1 Å². The van der Waals surface area contributed by atoms with Gasteiger partial charge in [0.15, 0.2) is 10.8 Å². The van der Waals surface area contributed by atoms with E-state index >= 15 is 0 Å². The third kappa shape index (κ3) is 3.65. The maximum Gasteiger partial charge on any atom is 0.355 e. The summed E-state index contributed by atoms with van der Waals surface area (Å²) in [5, 5.41) is 14.1. The quantitative estimate of drug-likeness (QED) is 0.804. The smallest absolute Gasteiger partial charge is 0.355 e. The van der Waals surface area contributed by atoms with E-state index in [1.54, 1.807) is 5.38 Å². The molecule has 1 aromatic rings. The van der Waals surface area contributed by atoms with Gasteiger partial charge in [0.25, 0.3) is 0 Å². The van der Waals surface area contributed by atoms with Crippen LogP contribution in [0.3, 0.4) is 0 Å². The molecule has 0 amide bonds. The molecule has 1 saturated heterocycles. The number of morpholine rings is 1. The van der Waals surface area contributed by atoms with Crippen LogP contribution in [-0.2, 0) is 4.74 Å². The van der Waals surface area contributed by atoms with Crippen molar-refractivity contribution in [3.63, 3.8) is 0 Å². The predicted octanol–water partition coefficient (Wildman–Crippen LogP) is 0.585. The van der Waals surface area contributed by atoms with Gasteiger partial charge in [-0.25, -0.2) is 9.78 Å². The lowest BCUT2D eigenvalue weighted by molar-refractivity contribution is 0.0398. The molecule has 0 aromatic carbocycles. The van der Waals surface area contributed by atoms with Gasteiger partial charge in [0.1, 0.15) is 0 Å². The molecule has 0 atom stereocenters. The Morgan fingerprint density at radius 3 is 3.00 bits per heavy atom. The van der Waals surface area contributed by atoms with Crippen molar-refractivity contribution in [2.45, 2.75) is 0 Å². The molecule has 0 bridgehead atoms. The first-order valence-electron chi connectivity index (χ1n) is 5.48. The molecule has 94 valence electrons. The SMILES string of the molecule is O=C(O)c1csc(NCCN2CCOCC2)n1. The zero-order valence-electron chi connectivity index (χ0n) is 9.39. The molecule has 0 saturated carbocycles. The highest BCUT2D eigenvalue weighted by molar-refractivity contribution is 7.13. The molecular formula is C10H15N3O3S. The van der Waals surface area contributed by atoms with E-state index in [1.165, 1.54) is 11.3 Å². The molecule has 1 aromatic heterocycles. The van der Waals surface area contributed by atoms with Crippen LogP contribution in [0.2, 0.25) is 0 Å². The summed E-state index contributed by atoms with van der Waals surface area (Å²) in [6, 6.07) is 0. The number of hydrogen-bond acceptors (Lipinski definition) is 6. The highest BCUT2D eigenvalue weighted by Gasteiger charge is 2.11. The number of rotatable bonds is 5. The van der Waals surface area contributed by atoms with Crippen LogP contribution in [0.5, 0.6) is 0 Å². The largest absolute Gasteiger partial charge is 0.476 e. The monoisotopic (exact) mass is 257 g/mol. The van der Waals surface area contributed by atoms with Crippen LogP contribution in [0, 0.1) is 0 Å². The summed E-state index contributed by atoms with van der Waals surface area (Å²) >= 11 is 1.32. The van der Waals surface area contributed by atoms with Gasteiger partial charge in [-0.05, 0) is 0 Å². The second kappa shape index (κ2) is 5.95. The normalized spacial score (nSPS) is 16.9. The fraction of sp³-hybridized carbons (Fsp3) is 0.600. The molecule has 7 heteroatoms. The lowest BCUT2D eigenvalue weighted by Crippen LogP contribution is -2.38. The summed E-state index contributed by atoms with van der Waals surface area (Å²) in [5.74, 6) is -0.984. The minimum Gasteiger partial charge on any atom is -0.476 e. The van der Waals surface area contributed by atoms with E-state index in [4.69, 9.17) is 9.84 Å². The maximum atomic E-state index is 10.6. The van der Waals surface area contributed by atoms with E-state index in [0.717, 1.165) is 39.4 Å². The van der Waals surface area contributed by atoms with Gasteiger partial charge >= 0.3 is 5.97 Å². The van der Waals surface area contributed by atoms with Gasteiger partial charge in [-0.2, -0.15) is 0 Å². The number of aromatic carboxylic acids is 1. The van der Waals surface area contributed by atoms with E-state index in [9.17, 15) is 4.79 Å². The number of carbonyl (C=O) groups is 1. The van der Waals surface area contributed by atoms with E-state index in [0.29, 0.717) is 5.13 Å². The number of anilines is 1. The highest BCUT2D eigenvalue weighted by atomic mass is 32.1. The molecule has 0 aliphatic carbocycles. The first-order valence-corrected chi connectivity index (χ1v) is 6.36. The average Bonchev–Trinajstić information content (AvgIpc) is 2.79. The first-order chi connectivity index (χ1) is 8.25. The predicted molar refractivity (Wildman–Crippen MR) is 64.8 cm³/mol. The first kappa shape index (κ1) is 12.3. The molecular weight excluding hydrogens is 242 g/mol. The highest BCUT2D eigenvalue weighted by Crippen LogP contribution is 2.14. The van der Waals surface area contributed by atoms with Crippen molar-refractivity contribution in [2.24, 2.45) is 0 Å². The topological polar surface area (TPSA) is 74.7 Å². The number of nitrogens with one attached hydrogen (secondary N) is 1. The molecule has 2 heterocycles. The standard InChI is InChI=1S/C10H15N3O3S/c14-9(15)8-7-17-10(12-8)11-1-2-13-3-5-16-6-4-13/h7H,1-6H2,(H,11,12)(H,14,15). The Hall–Kier alpha value is -1.18. The zero-order valence-corrected chi connectivity index (χ0v) is 10.2. The van der Waals surface area contributed by atoms with Gasteiger partial charge in [0.05, 0.1) is 13.2 Å². The van der Waals surface area contributed by atoms with Crippen LogP contribution in [0.4, 0.5) is 5.13 Å². The van der Waals surface area contributed by atoms with Crippen molar-refractivity contribution in [1.82, 2.24) is 9.88 Å². The molecule has 0 unspecified atom stereocenters. The molecule has 2 rings (SSSR count). The maximum absolute atomic E-state index is 10.6. The molecule has 17 heavy (non-hydrogen) atoms. The summed E-state index contributed by atoms with van der Waals surface area (Å²) < 4.78 is 5.26. The van der Waals surface area contributed by atoms with Crippen LogP contribution in [0.1, 0.15) is 10.5 Å². The second-order valence-corrected chi connectivity index (χ2v) is 4.58. The van der Waals surface area contributed by atoms with Gasteiger partial charge < -0.3 is 15.2 Å². The number of ether oxygens (including phenoxy) is 1. The van der Waals surface area contributed by atoms with E-state index in [2.05, 4.69) is 15.2 Å². The molecule has 1 aliphatic heterocycles. The van der Waals surface area contributed by atoms with Crippen LogP contribution < -0.4 is 5.32 Å². The minimum atomic E-state index is -0.984. The molecule has 0 radical (unpaired) electrons. The van der Waals surface area contributed by atoms with Crippen molar-refractivity contribution < 1.29 is 14.6 Å². The Bertz CT molecular complexity index is 377. The molecule has 1 aliphatic rings. The molecule has 2 N–H and O–H groups in total. The number of hydrogen-bond donors (Lipinski definition) is 2. The zero-order chi connectivity index (χ0) is 12.1. The molecule has 0 spiro atoms. The van der Waals surface area contributed by atoms with Crippen LogP contribution in [0.15, 0.2) is 5.38 Å². The summed E-state index contributed by atoms with van der Waals surface area (Å²) in [6.45, 7) is 5.19. The number of aromatic nitrogens is 1. The summed E-state index contributed by atoms with van der Waals surface area (Å²) in [6.07, 6.45) is 0. The minimum absolute atomic E-state index is 0.101. The Morgan fingerprint density at radius 1 is 1.59 bits per heavy atom. The Kier molecular flexibility index (Phi) is 4.29. The summed E-state index contributed by atoms with van der Waals surface area (Å²) in [5.41, 5.74) is 0.101. The van der Waals surface area contributed by atoms with Gasteiger partial charge in [-0.1, -0.05) is 0 Å². The Balaban J connectivity index is 1.71. The average molecular weight is 257 g/mol. The van der Waals surface area contributed by atoms with Gasteiger partial charge in [0.2, 0.25) is 0 Å². The van der Waals surface area contributed by atoms with Gasteiger partial charge in [0, 0.05) is 31.6 Å². The van der Waals surface area contributed by atoms with Crippen LogP contribution >= 0.6 is 11.3 Å². The van der Waals surface area contributed by atoms with Crippen molar-refractivity contribution in [1.29, 1.82) is 0 Å². The molecule has 6 nitrogen and oxygen atoms in total. The third-order valence-corrected chi connectivity index (χ3v) is 3.33. The van der Waals surface area contributed by atoms with E-state index in [-0.39, 0.29) is 5.69 Å². The van der Waals surface area contributed by atoms with Crippen LogP contribution in [0.25, 0.3) is 0 Å². The number of carboxylic acid groups (broad SMARTS) is 1. The fourth-order valence-electron chi connectivity index (χ4n) is 1.60. The summed E-state index contributed by atoms with van der Waals surface area (Å²) in [7, 11) is 0. The lowest BCUT2D eigenvalue weighted by atomic mass is 10.4. The van der Waals surface area contributed by atoms with E-state index in [1.807, 2.05) is 0 Å². The number of nitrogens with zero attached hydrogens (tertiary/aromatic N) is 2.